The Balaban J connectivity index is 2.41. The number of hydrogen-bond donors (Lipinski definition) is 1. The molecule has 0 saturated heterocycles. The number of halogens is 5. The molecule has 2 rings (SSSR count). The summed E-state index contributed by atoms with van der Waals surface area (Å²) >= 11 is 1.80. The predicted octanol–water partition coefficient (Wildman–Crippen LogP) is 4.41. The van der Waals surface area contributed by atoms with Crippen LogP contribution in [0.4, 0.5) is 17.6 Å². The summed E-state index contributed by atoms with van der Waals surface area (Å²) in [5.74, 6) is -0.979. The van der Waals surface area contributed by atoms with Crippen molar-refractivity contribution in [3.05, 3.63) is 63.0 Å². The molecule has 1 N–H and O–H groups in total. The van der Waals surface area contributed by atoms with Gasteiger partial charge in [-0.25, -0.2) is 4.39 Å². The molecule has 7 heteroatoms. The van der Waals surface area contributed by atoms with Crippen molar-refractivity contribution in [1.29, 1.82) is 0 Å². The summed E-state index contributed by atoms with van der Waals surface area (Å²) in [5.41, 5.74) is 0.259. The largest absolute Gasteiger partial charge is 0.573 e. The van der Waals surface area contributed by atoms with E-state index in [1.807, 2.05) is 0 Å². The summed E-state index contributed by atoms with van der Waals surface area (Å²) in [4.78, 5) is 0. The molecule has 0 fully saturated rings. The van der Waals surface area contributed by atoms with Crippen LogP contribution in [0, 0.1) is 9.39 Å². The van der Waals surface area contributed by atoms with Gasteiger partial charge in [-0.1, -0.05) is 24.3 Å². The van der Waals surface area contributed by atoms with Gasteiger partial charge in [0, 0.05) is 9.13 Å². The van der Waals surface area contributed by atoms with Gasteiger partial charge in [-0.2, -0.15) is 0 Å². The van der Waals surface area contributed by atoms with Gasteiger partial charge in [0.25, 0.3) is 0 Å². The molecule has 0 saturated carbocycles. The second-order valence-corrected chi connectivity index (χ2v) is 5.32. The molecule has 112 valence electrons. The van der Waals surface area contributed by atoms with E-state index in [9.17, 15) is 22.7 Å². The zero-order chi connectivity index (χ0) is 15.6. The van der Waals surface area contributed by atoms with E-state index < -0.39 is 24.0 Å². The number of rotatable bonds is 3. The van der Waals surface area contributed by atoms with Crippen molar-refractivity contribution >= 4 is 22.6 Å². The first-order valence-electron chi connectivity index (χ1n) is 5.75. The highest BCUT2D eigenvalue weighted by Gasteiger charge is 2.33. The fourth-order valence-electron chi connectivity index (χ4n) is 1.81. The molecule has 0 aliphatic rings. The van der Waals surface area contributed by atoms with Crippen LogP contribution in [0.5, 0.6) is 5.75 Å². The lowest BCUT2D eigenvalue weighted by Gasteiger charge is -2.18. The standard InChI is InChI=1S/C14H9F4IO2/c15-8-5-6-9(11(19)7-8)13(20)10-3-1-2-4-12(10)21-14(16,17)18/h1-7,13,20H. The van der Waals surface area contributed by atoms with E-state index in [1.54, 1.807) is 22.6 Å². The molecule has 0 spiro atoms. The second-order valence-electron chi connectivity index (χ2n) is 4.15. The van der Waals surface area contributed by atoms with Crippen LogP contribution in [0.15, 0.2) is 42.5 Å². The van der Waals surface area contributed by atoms with Gasteiger partial charge in [0.05, 0.1) is 0 Å². The van der Waals surface area contributed by atoms with Gasteiger partial charge in [-0.15, -0.1) is 13.2 Å². The average molecular weight is 412 g/mol. The van der Waals surface area contributed by atoms with E-state index >= 15 is 0 Å². The fraction of sp³-hybridized carbons (Fsp3) is 0.143. The third-order valence-corrected chi connectivity index (χ3v) is 3.63. The van der Waals surface area contributed by atoms with Crippen molar-refractivity contribution in [1.82, 2.24) is 0 Å². The third-order valence-electron chi connectivity index (χ3n) is 2.70. The minimum atomic E-state index is -4.86. The molecule has 0 bridgehead atoms. The van der Waals surface area contributed by atoms with Crippen molar-refractivity contribution in [3.63, 3.8) is 0 Å². The monoisotopic (exact) mass is 412 g/mol. The highest BCUT2D eigenvalue weighted by Crippen LogP contribution is 2.34. The molecule has 2 nitrogen and oxygen atoms in total. The van der Waals surface area contributed by atoms with Gasteiger partial charge >= 0.3 is 6.36 Å². The van der Waals surface area contributed by atoms with Crippen molar-refractivity contribution in [2.45, 2.75) is 12.5 Å². The number of para-hydroxylation sites is 1. The molecule has 0 heterocycles. The number of hydrogen-bond acceptors (Lipinski definition) is 2. The summed E-state index contributed by atoms with van der Waals surface area (Å²) in [6, 6.07) is 8.94. The highest BCUT2D eigenvalue weighted by molar-refractivity contribution is 14.1. The maximum absolute atomic E-state index is 13.1. The van der Waals surface area contributed by atoms with Crippen molar-refractivity contribution in [2.75, 3.05) is 0 Å². The van der Waals surface area contributed by atoms with E-state index in [0.717, 1.165) is 12.1 Å². The first kappa shape index (κ1) is 16.0. The molecule has 0 radical (unpaired) electrons. The lowest BCUT2D eigenvalue weighted by molar-refractivity contribution is -0.275. The Morgan fingerprint density at radius 3 is 2.33 bits per heavy atom. The maximum Gasteiger partial charge on any atom is 0.573 e. The number of alkyl halides is 3. The average Bonchev–Trinajstić information content (AvgIpc) is 2.36. The minimum absolute atomic E-state index is 0.0423. The molecule has 21 heavy (non-hydrogen) atoms. The van der Waals surface area contributed by atoms with E-state index in [-0.39, 0.29) is 5.56 Å². The molecule has 0 aliphatic carbocycles. The Morgan fingerprint density at radius 2 is 1.71 bits per heavy atom. The summed E-state index contributed by atoms with van der Waals surface area (Å²) < 4.78 is 54.5. The van der Waals surface area contributed by atoms with Crippen LogP contribution in [-0.4, -0.2) is 11.5 Å². The van der Waals surface area contributed by atoms with Crippen LogP contribution in [0.1, 0.15) is 17.2 Å². The highest BCUT2D eigenvalue weighted by atomic mass is 127. The van der Waals surface area contributed by atoms with Gasteiger partial charge < -0.3 is 9.84 Å². The van der Waals surface area contributed by atoms with Gasteiger partial charge in [-0.05, 0) is 46.4 Å². The molecule has 0 amide bonds. The first-order chi connectivity index (χ1) is 9.78. The van der Waals surface area contributed by atoms with Crippen LogP contribution >= 0.6 is 22.6 Å². The lowest BCUT2D eigenvalue weighted by Crippen LogP contribution is -2.19. The predicted molar refractivity (Wildman–Crippen MR) is 76.3 cm³/mol. The summed E-state index contributed by atoms with van der Waals surface area (Å²) in [5, 5.41) is 10.3. The second kappa shape index (κ2) is 6.18. The van der Waals surface area contributed by atoms with E-state index in [4.69, 9.17) is 0 Å². The molecular weight excluding hydrogens is 403 g/mol. The van der Waals surface area contributed by atoms with E-state index in [2.05, 4.69) is 4.74 Å². The molecule has 2 aromatic carbocycles. The van der Waals surface area contributed by atoms with Crippen molar-refractivity contribution in [2.24, 2.45) is 0 Å². The normalized spacial score (nSPS) is 13.0. The van der Waals surface area contributed by atoms with Gasteiger partial charge in [-0.3, -0.25) is 0 Å². The van der Waals surface area contributed by atoms with Gasteiger partial charge in [0.2, 0.25) is 0 Å². The lowest BCUT2D eigenvalue weighted by atomic mass is 10.0. The van der Waals surface area contributed by atoms with Crippen LogP contribution in [0.2, 0.25) is 0 Å². The Bertz CT molecular complexity index is 643. The quantitative estimate of drug-likeness (QED) is 0.598. The Labute approximate surface area is 131 Å². The summed E-state index contributed by atoms with van der Waals surface area (Å²) in [6.45, 7) is 0. The number of aliphatic hydroxyl groups is 1. The van der Waals surface area contributed by atoms with Gasteiger partial charge in [0.1, 0.15) is 17.7 Å². The first-order valence-corrected chi connectivity index (χ1v) is 6.83. The smallest absolute Gasteiger partial charge is 0.405 e. The van der Waals surface area contributed by atoms with E-state index in [1.165, 1.54) is 30.3 Å². The molecule has 0 aromatic heterocycles. The topological polar surface area (TPSA) is 29.5 Å². The summed E-state index contributed by atoms with van der Waals surface area (Å²) in [7, 11) is 0. The van der Waals surface area contributed by atoms with Crippen molar-refractivity contribution < 1.29 is 27.4 Å². The summed E-state index contributed by atoms with van der Waals surface area (Å²) in [6.07, 6.45) is -6.21. The number of benzene rings is 2. The maximum atomic E-state index is 13.1. The fourth-order valence-corrected chi connectivity index (χ4v) is 2.59. The number of ether oxygens (including phenoxy) is 1. The Hall–Kier alpha value is -1.35. The van der Waals surface area contributed by atoms with Crippen LogP contribution in [-0.2, 0) is 0 Å². The SMILES string of the molecule is OC(c1ccc(F)cc1I)c1ccccc1OC(F)(F)F. The minimum Gasteiger partial charge on any atom is -0.405 e. The van der Waals surface area contributed by atoms with Crippen LogP contribution < -0.4 is 4.74 Å². The van der Waals surface area contributed by atoms with Crippen molar-refractivity contribution in [3.8, 4) is 5.75 Å². The van der Waals surface area contributed by atoms with Gasteiger partial charge in [0.15, 0.2) is 0 Å². The molecule has 1 atom stereocenters. The van der Waals surface area contributed by atoms with E-state index in [0.29, 0.717) is 9.13 Å². The molecule has 0 aliphatic heterocycles. The zero-order valence-corrected chi connectivity index (χ0v) is 12.5. The van der Waals surface area contributed by atoms with Crippen LogP contribution in [0.25, 0.3) is 0 Å². The molecule has 2 aromatic rings. The molecule has 1 unspecified atom stereocenters. The third kappa shape index (κ3) is 4.07. The molecular formula is C14H9F4IO2. The van der Waals surface area contributed by atoms with Crippen LogP contribution in [0.3, 0.4) is 0 Å². The Kier molecular flexibility index (Phi) is 4.72. The Morgan fingerprint density at radius 1 is 1.05 bits per heavy atom. The number of aliphatic hydroxyl groups excluding tert-OH is 1. The zero-order valence-electron chi connectivity index (χ0n) is 10.4.